The maximum absolute atomic E-state index is 8.12. The molecule has 0 N–H and O–H groups in total. The molecule has 0 amide bonds. The summed E-state index contributed by atoms with van der Waals surface area (Å²) in [7, 11) is 0. The van der Waals surface area contributed by atoms with Crippen LogP contribution in [-0.4, -0.2) is 30.1 Å². The van der Waals surface area contributed by atoms with E-state index in [1.54, 1.807) is 0 Å². The largest absolute Gasteiger partial charge is 0.373 e. The van der Waals surface area contributed by atoms with Crippen LogP contribution in [0.2, 0.25) is 0 Å². The summed E-state index contributed by atoms with van der Waals surface area (Å²) in [5.74, 6) is 0. The van der Waals surface area contributed by atoms with Crippen LogP contribution in [0.4, 0.5) is 0 Å². The number of rotatable bonds is 0. The molecule has 0 aliphatic heterocycles. The third-order valence-corrected chi connectivity index (χ3v) is 0. The van der Waals surface area contributed by atoms with Crippen molar-refractivity contribution in [1.29, 1.82) is 0 Å². The molecule has 0 aliphatic carbocycles. The molecule has 2 nitrogen and oxygen atoms in total. The van der Waals surface area contributed by atoms with Gasteiger partial charge in [-0.2, -0.15) is 9.59 Å². The van der Waals surface area contributed by atoms with Crippen LogP contribution in [0.5, 0.6) is 0 Å². The van der Waals surface area contributed by atoms with Gasteiger partial charge < -0.3 is 0 Å². The second-order valence-electron chi connectivity index (χ2n) is 0.0833. The minimum atomic E-state index is 0. The average Bonchev–Trinajstić information content (AvgIpc) is 0.918. The predicted octanol–water partition coefficient (Wildman–Crippen LogP) is -0.964. The van der Waals surface area contributed by atoms with Gasteiger partial charge in [0.25, 0.3) is 0 Å². The molecule has 0 atom stereocenters. The van der Waals surface area contributed by atoms with Gasteiger partial charge in [-0.3, -0.25) is 0 Å². The molecular formula is CO2Sn. The van der Waals surface area contributed by atoms with Crippen LogP contribution in [0, 0.1) is 0 Å². The van der Waals surface area contributed by atoms with Crippen LogP contribution in [-0.2, 0) is 9.59 Å². The molecule has 4 radical (unpaired) electrons. The van der Waals surface area contributed by atoms with E-state index >= 15 is 0 Å². The normalized spacial score (nSPS) is 2.00. The van der Waals surface area contributed by atoms with Crippen molar-refractivity contribution < 1.29 is 9.59 Å². The zero-order valence-electron chi connectivity index (χ0n) is 1.82. The van der Waals surface area contributed by atoms with Crippen LogP contribution in [0.3, 0.4) is 0 Å². The second kappa shape index (κ2) is 10.9. The monoisotopic (exact) mass is 164 g/mol. The molecule has 0 aliphatic rings. The molecule has 0 rings (SSSR count). The molecule has 4 heavy (non-hydrogen) atoms. The van der Waals surface area contributed by atoms with Gasteiger partial charge in [0.15, 0.2) is 0 Å². The van der Waals surface area contributed by atoms with E-state index in [1.807, 2.05) is 0 Å². The Kier molecular flexibility index (Phi) is 24.2. The first-order valence-corrected chi connectivity index (χ1v) is 0.408. The fourth-order valence-corrected chi connectivity index (χ4v) is 0. The molecule has 0 aromatic heterocycles. The summed E-state index contributed by atoms with van der Waals surface area (Å²) in [6, 6.07) is 0. The summed E-state index contributed by atoms with van der Waals surface area (Å²) in [6.45, 7) is 0. The Balaban J connectivity index is 0. The summed E-state index contributed by atoms with van der Waals surface area (Å²) in [5.41, 5.74) is 0. The van der Waals surface area contributed by atoms with E-state index in [4.69, 9.17) is 9.59 Å². The summed E-state index contributed by atoms with van der Waals surface area (Å²) in [4.78, 5) is 16.2. The number of carbonyl (C=O) groups excluding carboxylic acids is 2. The van der Waals surface area contributed by atoms with E-state index in [0.717, 1.165) is 0 Å². The number of hydrogen-bond acceptors (Lipinski definition) is 2. The van der Waals surface area contributed by atoms with Crippen molar-refractivity contribution in [3.05, 3.63) is 0 Å². The Hall–Kier alpha value is 0.179. The minimum absolute atomic E-state index is 0. The maximum atomic E-state index is 8.12. The molecular weight excluding hydrogens is 163 g/mol. The maximum Gasteiger partial charge on any atom is 0.373 e. The predicted molar refractivity (Wildman–Crippen MR) is 10.8 cm³/mol. The Morgan fingerprint density at radius 1 is 1.25 bits per heavy atom. The molecule has 0 aromatic carbocycles. The van der Waals surface area contributed by atoms with Gasteiger partial charge >= 0.3 is 6.15 Å². The molecule has 0 fully saturated rings. The van der Waals surface area contributed by atoms with Crippen LogP contribution < -0.4 is 0 Å². The van der Waals surface area contributed by atoms with E-state index in [1.165, 1.54) is 0 Å². The smallest absolute Gasteiger partial charge is 0.186 e. The van der Waals surface area contributed by atoms with Gasteiger partial charge in [-0.15, -0.1) is 0 Å². The molecule has 0 unspecified atom stereocenters. The van der Waals surface area contributed by atoms with Crippen molar-refractivity contribution in [2.24, 2.45) is 0 Å². The molecule has 20 valence electrons. The van der Waals surface area contributed by atoms with Crippen LogP contribution in [0.15, 0.2) is 0 Å². The van der Waals surface area contributed by atoms with E-state index < -0.39 is 0 Å². The van der Waals surface area contributed by atoms with Crippen molar-refractivity contribution in [3.8, 4) is 0 Å². The van der Waals surface area contributed by atoms with Crippen molar-refractivity contribution >= 4 is 30.1 Å². The van der Waals surface area contributed by atoms with Gasteiger partial charge in [-0.05, 0) is 0 Å². The Morgan fingerprint density at radius 3 is 1.25 bits per heavy atom. The second-order valence-corrected chi connectivity index (χ2v) is 0.0833. The molecule has 0 saturated heterocycles. The minimum Gasteiger partial charge on any atom is -0.186 e. The summed E-state index contributed by atoms with van der Waals surface area (Å²) < 4.78 is 0. The van der Waals surface area contributed by atoms with Crippen molar-refractivity contribution in [2.75, 3.05) is 0 Å². The molecule has 0 saturated carbocycles. The van der Waals surface area contributed by atoms with Crippen LogP contribution >= 0.6 is 0 Å². The topological polar surface area (TPSA) is 34.1 Å². The zero-order valence-corrected chi connectivity index (χ0v) is 4.67. The van der Waals surface area contributed by atoms with Gasteiger partial charge in [0.2, 0.25) is 0 Å². The molecule has 0 bridgehead atoms. The first-order chi connectivity index (χ1) is 1.41. The fraction of sp³-hybridized carbons (Fsp3) is 0. The molecule has 3 heteroatoms. The SMILES string of the molecule is O=C=O.[Sn]. The van der Waals surface area contributed by atoms with Gasteiger partial charge in [0, 0.05) is 23.9 Å². The van der Waals surface area contributed by atoms with Gasteiger partial charge in [-0.25, -0.2) is 0 Å². The molecule has 0 aromatic rings. The van der Waals surface area contributed by atoms with Crippen molar-refractivity contribution in [3.63, 3.8) is 0 Å². The standard InChI is InChI=1S/CO2.Sn/c2-1-3;. The van der Waals surface area contributed by atoms with Gasteiger partial charge in [0.05, 0.1) is 0 Å². The summed E-state index contributed by atoms with van der Waals surface area (Å²) >= 11 is 0. The summed E-state index contributed by atoms with van der Waals surface area (Å²) in [6.07, 6.45) is 0.250. The van der Waals surface area contributed by atoms with E-state index in [2.05, 4.69) is 0 Å². The van der Waals surface area contributed by atoms with Gasteiger partial charge in [0.1, 0.15) is 0 Å². The van der Waals surface area contributed by atoms with E-state index in [-0.39, 0.29) is 30.1 Å². The Labute approximate surface area is 40.1 Å². The van der Waals surface area contributed by atoms with Crippen molar-refractivity contribution in [2.45, 2.75) is 0 Å². The fourth-order valence-electron chi connectivity index (χ4n) is 0. The first kappa shape index (κ1) is 8.89. The van der Waals surface area contributed by atoms with E-state index in [9.17, 15) is 0 Å². The van der Waals surface area contributed by atoms with Crippen LogP contribution in [0.1, 0.15) is 0 Å². The van der Waals surface area contributed by atoms with Crippen LogP contribution in [0.25, 0.3) is 0 Å². The van der Waals surface area contributed by atoms with E-state index in [0.29, 0.717) is 0 Å². The van der Waals surface area contributed by atoms with Crippen molar-refractivity contribution in [1.82, 2.24) is 0 Å². The Morgan fingerprint density at radius 2 is 1.25 bits per heavy atom. The third kappa shape index (κ3) is 94.8. The first-order valence-electron chi connectivity index (χ1n) is 0.408. The number of hydrogen-bond donors (Lipinski definition) is 0. The van der Waals surface area contributed by atoms with Gasteiger partial charge in [-0.1, -0.05) is 0 Å². The summed E-state index contributed by atoms with van der Waals surface area (Å²) in [5, 5.41) is 0. The average molecular weight is 163 g/mol. The quantitative estimate of drug-likeness (QED) is 0.430. The molecule has 0 heterocycles. The molecule has 0 spiro atoms. The Bertz CT molecular complexity index is 27.0. The zero-order chi connectivity index (χ0) is 2.71. The third-order valence-electron chi connectivity index (χ3n) is 0.